The largest absolute Gasteiger partial charge is 0.338 e. The van der Waals surface area contributed by atoms with E-state index in [4.69, 9.17) is 0 Å². The van der Waals surface area contributed by atoms with Crippen LogP contribution >= 0.6 is 0 Å². The summed E-state index contributed by atoms with van der Waals surface area (Å²) in [6.07, 6.45) is 2.11. The van der Waals surface area contributed by atoms with Gasteiger partial charge in [-0.2, -0.15) is 0 Å². The maximum absolute atomic E-state index is 11.8. The number of hydrogen-bond acceptors (Lipinski definition) is 2. The SMILES string of the molecule is C[C@H]1CCCN1C(=O)CNC(=O)NC(C)(C)C. The average Bonchev–Trinajstić information content (AvgIpc) is 2.58. The van der Waals surface area contributed by atoms with Crippen molar-refractivity contribution in [1.29, 1.82) is 0 Å². The van der Waals surface area contributed by atoms with Gasteiger partial charge < -0.3 is 15.5 Å². The molecule has 0 aromatic heterocycles. The summed E-state index contributed by atoms with van der Waals surface area (Å²) in [5.74, 6) is -0.000871. The second-order valence-electron chi connectivity index (χ2n) is 5.64. The van der Waals surface area contributed by atoms with Gasteiger partial charge in [0, 0.05) is 18.1 Å². The first kappa shape index (κ1) is 13.8. The molecule has 1 heterocycles. The highest BCUT2D eigenvalue weighted by Gasteiger charge is 2.25. The van der Waals surface area contributed by atoms with Gasteiger partial charge in [-0.15, -0.1) is 0 Å². The standard InChI is InChI=1S/C12H23N3O2/c1-9-6-5-7-15(9)10(16)8-13-11(17)14-12(2,3)4/h9H,5-8H2,1-4H3,(H2,13,14,17)/t9-/m0/s1. The van der Waals surface area contributed by atoms with Crippen LogP contribution in [0.4, 0.5) is 4.79 Å². The molecule has 1 aliphatic heterocycles. The molecule has 0 aromatic rings. The molecular weight excluding hydrogens is 218 g/mol. The van der Waals surface area contributed by atoms with Crippen LogP contribution in [0.2, 0.25) is 0 Å². The third kappa shape index (κ3) is 4.63. The predicted molar refractivity (Wildman–Crippen MR) is 66.7 cm³/mol. The van der Waals surface area contributed by atoms with Crippen LogP contribution in [0.1, 0.15) is 40.5 Å². The quantitative estimate of drug-likeness (QED) is 0.760. The van der Waals surface area contributed by atoms with E-state index >= 15 is 0 Å². The molecule has 0 bridgehead atoms. The lowest BCUT2D eigenvalue weighted by molar-refractivity contribution is -0.130. The van der Waals surface area contributed by atoms with Gasteiger partial charge in [0.1, 0.15) is 0 Å². The molecule has 0 aromatic carbocycles. The van der Waals surface area contributed by atoms with E-state index in [1.807, 2.05) is 32.6 Å². The van der Waals surface area contributed by atoms with Crippen LogP contribution in [0.25, 0.3) is 0 Å². The minimum atomic E-state index is -0.294. The van der Waals surface area contributed by atoms with Crippen LogP contribution in [-0.2, 0) is 4.79 Å². The Kier molecular flexibility index (Phi) is 4.37. The molecule has 1 rings (SSSR count). The van der Waals surface area contributed by atoms with Gasteiger partial charge in [-0.05, 0) is 40.5 Å². The highest BCUT2D eigenvalue weighted by Crippen LogP contribution is 2.15. The molecule has 0 aliphatic carbocycles. The topological polar surface area (TPSA) is 61.4 Å². The van der Waals surface area contributed by atoms with Gasteiger partial charge in [-0.1, -0.05) is 0 Å². The first-order valence-corrected chi connectivity index (χ1v) is 6.15. The molecule has 17 heavy (non-hydrogen) atoms. The van der Waals surface area contributed by atoms with E-state index in [2.05, 4.69) is 10.6 Å². The molecule has 5 nitrogen and oxygen atoms in total. The number of hydrogen-bond donors (Lipinski definition) is 2. The molecular formula is C12H23N3O2. The zero-order valence-electron chi connectivity index (χ0n) is 11.2. The third-order valence-electron chi connectivity index (χ3n) is 2.76. The van der Waals surface area contributed by atoms with E-state index in [9.17, 15) is 9.59 Å². The molecule has 5 heteroatoms. The van der Waals surface area contributed by atoms with E-state index < -0.39 is 0 Å². The van der Waals surface area contributed by atoms with Crippen molar-refractivity contribution in [2.45, 2.75) is 52.1 Å². The summed E-state index contributed by atoms with van der Waals surface area (Å²) in [6, 6.07) is 0.00711. The number of carbonyl (C=O) groups excluding carboxylic acids is 2. The molecule has 1 fully saturated rings. The summed E-state index contributed by atoms with van der Waals surface area (Å²) in [5.41, 5.74) is -0.284. The number of nitrogens with one attached hydrogen (secondary N) is 2. The fourth-order valence-electron chi connectivity index (χ4n) is 1.95. The number of rotatable bonds is 2. The van der Waals surface area contributed by atoms with Gasteiger partial charge in [-0.3, -0.25) is 4.79 Å². The van der Waals surface area contributed by atoms with Crippen molar-refractivity contribution >= 4 is 11.9 Å². The molecule has 0 saturated carbocycles. The number of likely N-dealkylation sites (tertiary alicyclic amines) is 1. The first-order valence-electron chi connectivity index (χ1n) is 6.15. The Morgan fingerprint density at radius 1 is 1.35 bits per heavy atom. The van der Waals surface area contributed by atoms with Crippen molar-refractivity contribution in [2.75, 3.05) is 13.1 Å². The fraction of sp³-hybridized carbons (Fsp3) is 0.833. The lowest BCUT2D eigenvalue weighted by Crippen LogP contribution is -2.49. The summed E-state index contributed by atoms with van der Waals surface area (Å²) >= 11 is 0. The van der Waals surface area contributed by atoms with E-state index in [-0.39, 0.29) is 24.0 Å². The summed E-state index contributed by atoms with van der Waals surface area (Å²) in [7, 11) is 0. The second-order valence-corrected chi connectivity index (χ2v) is 5.64. The van der Waals surface area contributed by atoms with Crippen molar-refractivity contribution in [2.24, 2.45) is 0 Å². The Morgan fingerprint density at radius 3 is 2.47 bits per heavy atom. The number of carbonyl (C=O) groups is 2. The van der Waals surface area contributed by atoms with E-state index in [0.29, 0.717) is 6.04 Å². The lowest BCUT2D eigenvalue weighted by Gasteiger charge is -2.23. The molecule has 1 atom stereocenters. The van der Waals surface area contributed by atoms with Gasteiger partial charge in [0.05, 0.1) is 6.54 Å². The normalized spacial score (nSPS) is 20.2. The highest BCUT2D eigenvalue weighted by molar-refractivity contribution is 5.84. The van der Waals surface area contributed by atoms with E-state index in [1.54, 1.807) is 0 Å². The van der Waals surface area contributed by atoms with Crippen LogP contribution in [-0.4, -0.2) is 41.5 Å². The number of nitrogens with zero attached hydrogens (tertiary/aromatic N) is 1. The lowest BCUT2D eigenvalue weighted by atomic mass is 10.1. The van der Waals surface area contributed by atoms with E-state index in [0.717, 1.165) is 19.4 Å². The summed E-state index contributed by atoms with van der Waals surface area (Å²) in [6.45, 7) is 8.62. The Labute approximate surface area is 103 Å². The minimum Gasteiger partial charge on any atom is -0.338 e. The van der Waals surface area contributed by atoms with Crippen LogP contribution in [0.5, 0.6) is 0 Å². The van der Waals surface area contributed by atoms with E-state index in [1.165, 1.54) is 0 Å². The summed E-state index contributed by atoms with van der Waals surface area (Å²) in [5, 5.41) is 5.35. The van der Waals surface area contributed by atoms with Crippen LogP contribution in [0.15, 0.2) is 0 Å². The van der Waals surface area contributed by atoms with Crippen LogP contribution < -0.4 is 10.6 Å². The molecule has 1 aliphatic rings. The zero-order valence-corrected chi connectivity index (χ0v) is 11.2. The number of urea groups is 1. The smallest absolute Gasteiger partial charge is 0.315 e. The van der Waals surface area contributed by atoms with Crippen molar-refractivity contribution in [3.63, 3.8) is 0 Å². The van der Waals surface area contributed by atoms with Gasteiger partial charge in [0.25, 0.3) is 0 Å². The first-order chi connectivity index (χ1) is 7.79. The van der Waals surface area contributed by atoms with Crippen molar-refractivity contribution in [3.05, 3.63) is 0 Å². The Bertz CT molecular complexity index is 297. The summed E-state index contributed by atoms with van der Waals surface area (Å²) < 4.78 is 0. The molecule has 2 N–H and O–H groups in total. The molecule has 0 radical (unpaired) electrons. The van der Waals surface area contributed by atoms with Crippen molar-refractivity contribution < 1.29 is 9.59 Å². The van der Waals surface area contributed by atoms with Crippen LogP contribution in [0, 0.1) is 0 Å². The monoisotopic (exact) mass is 241 g/mol. The zero-order chi connectivity index (χ0) is 13.1. The Balaban J connectivity index is 2.31. The van der Waals surface area contributed by atoms with Crippen LogP contribution in [0.3, 0.4) is 0 Å². The molecule has 0 unspecified atom stereocenters. The van der Waals surface area contributed by atoms with Gasteiger partial charge in [0.2, 0.25) is 5.91 Å². The fourth-order valence-corrected chi connectivity index (χ4v) is 1.95. The molecule has 98 valence electrons. The second kappa shape index (κ2) is 5.38. The van der Waals surface area contributed by atoms with Gasteiger partial charge >= 0.3 is 6.03 Å². The highest BCUT2D eigenvalue weighted by atomic mass is 16.2. The summed E-state index contributed by atoms with van der Waals surface area (Å²) in [4.78, 5) is 25.1. The molecule has 3 amide bonds. The van der Waals surface area contributed by atoms with Gasteiger partial charge in [0.15, 0.2) is 0 Å². The molecule has 1 saturated heterocycles. The Hall–Kier alpha value is -1.26. The van der Waals surface area contributed by atoms with Gasteiger partial charge in [-0.25, -0.2) is 4.79 Å². The van der Waals surface area contributed by atoms with Crippen molar-refractivity contribution in [1.82, 2.24) is 15.5 Å². The third-order valence-corrected chi connectivity index (χ3v) is 2.76. The maximum Gasteiger partial charge on any atom is 0.315 e. The Morgan fingerprint density at radius 2 is 2.00 bits per heavy atom. The number of amides is 3. The average molecular weight is 241 g/mol. The van der Waals surface area contributed by atoms with Crippen molar-refractivity contribution in [3.8, 4) is 0 Å². The minimum absolute atomic E-state index is 0.000871. The molecule has 0 spiro atoms. The predicted octanol–water partition coefficient (Wildman–Crippen LogP) is 1.09. The maximum atomic E-state index is 11.8.